The number of fused-ring (bicyclic) bond motifs is 1. The predicted molar refractivity (Wildman–Crippen MR) is 123 cm³/mol. The summed E-state index contributed by atoms with van der Waals surface area (Å²) in [6, 6.07) is 2.17. The molecule has 8 heteroatoms. The second-order valence-electron chi connectivity index (χ2n) is 8.02. The van der Waals surface area contributed by atoms with Crippen LogP contribution in [0.3, 0.4) is 0 Å². The van der Waals surface area contributed by atoms with Crippen LogP contribution in [0.15, 0.2) is 30.4 Å². The zero-order valence-corrected chi connectivity index (χ0v) is 19.4. The van der Waals surface area contributed by atoms with Crippen molar-refractivity contribution in [2.24, 2.45) is 11.6 Å². The van der Waals surface area contributed by atoms with E-state index in [4.69, 9.17) is 11.6 Å². The van der Waals surface area contributed by atoms with Gasteiger partial charge in [-0.3, -0.25) is 4.79 Å². The Hall–Kier alpha value is -2.25. The second-order valence-corrected chi connectivity index (χ2v) is 8.56. The number of ether oxygens (including phenoxy) is 1. The van der Waals surface area contributed by atoms with Crippen LogP contribution in [0.5, 0.6) is 0 Å². The first kappa shape index (κ1) is 23.0. The molecule has 156 valence electrons. The Morgan fingerprint density at radius 1 is 1.45 bits per heavy atom. The van der Waals surface area contributed by atoms with Crippen molar-refractivity contribution in [3.8, 4) is 9.85 Å². The van der Waals surface area contributed by atoms with Gasteiger partial charge in [-0.25, -0.2) is 10.8 Å². The second kappa shape index (κ2) is 9.98. The van der Waals surface area contributed by atoms with Crippen LogP contribution in [0, 0.1) is 9.85 Å². The van der Waals surface area contributed by atoms with Crippen molar-refractivity contribution < 1.29 is 9.53 Å². The number of carbonyl (C=O) groups excluding carboxylic acids is 1. The van der Waals surface area contributed by atoms with Crippen molar-refractivity contribution >= 4 is 34.7 Å². The molecule has 29 heavy (non-hydrogen) atoms. The van der Waals surface area contributed by atoms with E-state index in [1.165, 1.54) is 18.4 Å². The summed E-state index contributed by atoms with van der Waals surface area (Å²) in [5.41, 5.74) is 10.1. The Morgan fingerprint density at radius 2 is 2.14 bits per heavy atom. The first-order valence-corrected chi connectivity index (χ1v) is 10.4. The molecule has 4 N–H and O–H groups in total. The van der Waals surface area contributed by atoms with Crippen LogP contribution >= 0.6 is 22.6 Å². The van der Waals surface area contributed by atoms with Crippen LogP contribution in [0.1, 0.15) is 63.3 Å². The molecule has 0 amide bonds. The summed E-state index contributed by atoms with van der Waals surface area (Å²) in [6.07, 6.45) is 8.40. The zero-order valence-electron chi connectivity index (χ0n) is 17.3. The van der Waals surface area contributed by atoms with Crippen molar-refractivity contribution in [2.45, 2.75) is 58.6 Å². The molecule has 1 aliphatic rings. The van der Waals surface area contributed by atoms with E-state index < -0.39 is 0 Å². The molecule has 3 rings (SSSR count). The topological polar surface area (TPSA) is 98.9 Å². The molecule has 0 radical (unpaired) electrons. The minimum absolute atomic E-state index is 0.318. The van der Waals surface area contributed by atoms with Crippen LogP contribution in [0.4, 0.5) is 0 Å². The van der Waals surface area contributed by atoms with Gasteiger partial charge in [0.15, 0.2) is 5.65 Å². The molecule has 7 nitrogen and oxygen atoms in total. The van der Waals surface area contributed by atoms with Gasteiger partial charge in [0.05, 0.1) is 17.8 Å². The molecule has 2 aromatic heterocycles. The maximum absolute atomic E-state index is 9.60. The number of hydrogen-bond donors (Lipinski definition) is 2. The Morgan fingerprint density at radius 3 is 2.62 bits per heavy atom. The first-order chi connectivity index (χ1) is 13.6. The molecule has 0 atom stereocenters. The fourth-order valence-electron chi connectivity index (χ4n) is 2.67. The summed E-state index contributed by atoms with van der Waals surface area (Å²) >= 11 is 2.06. The van der Waals surface area contributed by atoms with Gasteiger partial charge >= 0.3 is 0 Å². The van der Waals surface area contributed by atoms with E-state index in [0.717, 1.165) is 16.9 Å². The number of allylic oxidation sites excluding steroid dienone is 1. The van der Waals surface area contributed by atoms with E-state index in [2.05, 4.69) is 58.8 Å². The largest absolute Gasteiger partial charge is 0.462 e. The van der Waals surface area contributed by atoms with Crippen molar-refractivity contribution in [1.82, 2.24) is 14.4 Å². The highest BCUT2D eigenvalue weighted by atomic mass is 127. The van der Waals surface area contributed by atoms with Crippen LogP contribution in [-0.4, -0.2) is 26.5 Å². The van der Waals surface area contributed by atoms with E-state index in [1.54, 1.807) is 18.1 Å². The van der Waals surface area contributed by atoms with Crippen molar-refractivity contribution in [1.29, 1.82) is 0 Å². The van der Waals surface area contributed by atoms with Crippen LogP contribution in [-0.2, 0) is 16.1 Å². The number of hydrazine groups is 1. The van der Waals surface area contributed by atoms with Crippen molar-refractivity contribution in [3.05, 3.63) is 47.2 Å². The van der Waals surface area contributed by atoms with Crippen LogP contribution in [0.25, 0.3) is 5.65 Å². The normalized spacial score (nSPS) is 13.8. The molecule has 1 aliphatic carbocycles. The van der Waals surface area contributed by atoms with E-state index >= 15 is 0 Å². The summed E-state index contributed by atoms with van der Waals surface area (Å²) in [6.45, 7) is 8.23. The van der Waals surface area contributed by atoms with E-state index in [0.29, 0.717) is 24.6 Å². The Balaban J connectivity index is 0.000000370. The first-order valence-electron chi connectivity index (χ1n) is 9.33. The number of carbonyl (C=O) groups is 1. The lowest BCUT2D eigenvalue weighted by Gasteiger charge is -2.14. The highest BCUT2D eigenvalue weighted by Gasteiger charge is 2.25. The van der Waals surface area contributed by atoms with Gasteiger partial charge < -0.3 is 19.9 Å². The summed E-state index contributed by atoms with van der Waals surface area (Å²) in [7, 11) is 0. The van der Waals surface area contributed by atoms with Gasteiger partial charge in [-0.15, -0.1) is 0 Å². The minimum atomic E-state index is -0.318. The number of aromatic nitrogens is 2. The summed E-state index contributed by atoms with van der Waals surface area (Å²) in [5, 5.41) is 1.54. The average Bonchev–Trinajstić information content (AvgIpc) is 3.34. The summed E-state index contributed by atoms with van der Waals surface area (Å²) in [4.78, 5) is 14.3. The highest BCUT2D eigenvalue weighted by Crippen LogP contribution is 2.40. The highest BCUT2D eigenvalue weighted by molar-refractivity contribution is 14.1. The predicted octanol–water partition coefficient (Wildman–Crippen LogP) is 3.41. The lowest BCUT2D eigenvalue weighted by Crippen LogP contribution is -2.25. The third-order valence-corrected chi connectivity index (χ3v) is 4.24. The monoisotopic (exact) mass is 509 g/mol. The van der Waals surface area contributed by atoms with Gasteiger partial charge in [0, 0.05) is 46.9 Å². The van der Waals surface area contributed by atoms with Gasteiger partial charge in [-0.1, -0.05) is 5.92 Å². The van der Waals surface area contributed by atoms with Gasteiger partial charge in [0.2, 0.25) is 0 Å². The number of imidazole rings is 1. The number of nitrogens with zero attached hydrogens (tertiary/aromatic N) is 3. The van der Waals surface area contributed by atoms with Gasteiger partial charge in [0.1, 0.15) is 5.60 Å². The Labute approximate surface area is 185 Å². The molecule has 2 aromatic rings. The molecule has 0 bridgehead atoms. The number of nitrogens with two attached hydrogens (primary N) is 2. The number of pyridine rings is 1. The van der Waals surface area contributed by atoms with Gasteiger partial charge in [-0.2, -0.15) is 0 Å². The molecule has 0 unspecified atom stereocenters. The molecular formula is C21H28IN5O2. The quantitative estimate of drug-likeness (QED) is 0.211. The van der Waals surface area contributed by atoms with E-state index in [9.17, 15) is 4.79 Å². The maximum Gasteiger partial charge on any atom is 0.293 e. The van der Waals surface area contributed by atoms with E-state index in [-0.39, 0.29) is 5.60 Å². The molecule has 2 heterocycles. The Kier molecular flexibility index (Phi) is 7.93. The molecule has 0 saturated heterocycles. The molecular weight excluding hydrogens is 481 g/mol. The molecule has 1 fully saturated rings. The molecule has 0 spiro atoms. The SMILES string of the molecule is C/C(N)=C/N(N)Cc1cn2cc(C3CC3)cc(C#CI)c2n1.CC(C)(C)OC=O. The molecule has 0 aromatic carbocycles. The number of halogens is 1. The zero-order chi connectivity index (χ0) is 21.6. The van der Waals surface area contributed by atoms with Crippen molar-refractivity contribution in [3.63, 3.8) is 0 Å². The third-order valence-electron chi connectivity index (χ3n) is 3.97. The van der Waals surface area contributed by atoms with Gasteiger partial charge in [-0.05, 0) is 62.0 Å². The minimum Gasteiger partial charge on any atom is -0.462 e. The lowest BCUT2D eigenvalue weighted by atomic mass is 10.1. The van der Waals surface area contributed by atoms with Crippen LogP contribution in [0.2, 0.25) is 0 Å². The number of hydrogen-bond acceptors (Lipinski definition) is 6. The van der Waals surface area contributed by atoms with Gasteiger partial charge in [0.25, 0.3) is 6.47 Å². The fourth-order valence-corrected chi connectivity index (χ4v) is 2.96. The molecule has 1 saturated carbocycles. The third kappa shape index (κ3) is 7.59. The Bertz CT molecular complexity index is 942. The van der Waals surface area contributed by atoms with Crippen molar-refractivity contribution in [2.75, 3.05) is 0 Å². The van der Waals surface area contributed by atoms with Crippen LogP contribution < -0.4 is 11.6 Å². The smallest absolute Gasteiger partial charge is 0.293 e. The molecule has 0 aliphatic heterocycles. The summed E-state index contributed by atoms with van der Waals surface area (Å²) in [5.74, 6) is 9.74. The van der Waals surface area contributed by atoms with E-state index in [1.807, 2.05) is 27.0 Å². The lowest BCUT2D eigenvalue weighted by molar-refractivity contribution is -0.138. The summed E-state index contributed by atoms with van der Waals surface area (Å²) < 4.78 is 9.55. The maximum atomic E-state index is 9.60. The fraction of sp³-hybridized carbons (Fsp3) is 0.429. The number of rotatable bonds is 5. The standard InChI is InChI=1S/C16H18IN5.C5H10O2/c1-11(18)7-22(19)10-15-9-21-8-14(12-2-3-12)6-13(4-5-17)16(21)20-15;1-5(2,3)7-4-6/h6-9,12H,2-3,10,18-19H2,1H3;4H,1-3H3/b11-7-;. The average molecular weight is 509 g/mol.